The molecule has 1 saturated carbocycles. The summed E-state index contributed by atoms with van der Waals surface area (Å²) in [6.07, 6.45) is 0.720. The van der Waals surface area contributed by atoms with Crippen molar-refractivity contribution >= 4 is 28.9 Å². The van der Waals surface area contributed by atoms with Crippen molar-refractivity contribution in [3.8, 4) is 0 Å². The lowest BCUT2D eigenvalue weighted by Gasteiger charge is -2.32. The molecule has 214 valence electrons. The zero-order valence-corrected chi connectivity index (χ0v) is 22.6. The van der Waals surface area contributed by atoms with E-state index in [4.69, 9.17) is 4.98 Å². The Morgan fingerprint density at radius 2 is 1.76 bits per heavy atom. The van der Waals surface area contributed by atoms with E-state index in [-0.39, 0.29) is 30.1 Å². The Bertz CT molecular complexity index is 1550. The highest BCUT2D eigenvalue weighted by Gasteiger charge is 2.33. The van der Waals surface area contributed by atoms with Crippen LogP contribution in [-0.4, -0.2) is 43.2 Å². The maximum atomic E-state index is 13.3. The van der Waals surface area contributed by atoms with Gasteiger partial charge >= 0.3 is 12.1 Å². The lowest BCUT2D eigenvalue weighted by atomic mass is 9.80. The van der Waals surface area contributed by atoms with Gasteiger partial charge in [-0.25, -0.2) is 14.8 Å². The summed E-state index contributed by atoms with van der Waals surface area (Å²) in [6, 6.07) is 15.3. The number of anilines is 2. The Balaban J connectivity index is 1.50. The van der Waals surface area contributed by atoms with Crippen molar-refractivity contribution in [1.29, 1.82) is 0 Å². The van der Waals surface area contributed by atoms with Crippen LogP contribution in [0.15, 0.2) is 54.6 Å². The van der Waals surface area contributed by atoms with E-state index in [0.717, 1.165) is 56.3 Å². The molecule has 11 heteroatoms. The zero-order valence-electron chi connectivity index (χ0n) is 22.6. The van der Waals surface area contributed by atoms with Crippen LogP contribution in [-0.2, 0) is 12.7 Å². The average molecular weight is 565 g/mol. The largest absolute Gasteiger partial charge is 0.475 e. The summed E-state index contributed by atoms with van der Waals surface area (Å²) in [5, 5.41) is 13.2. The number of fused-ring (bicyclic) bond motifs is 1. The number of carboxylic acid groups (broad SMARTS) is 1. The fourth-order valence-electron chi connectivity index (χ4n) is 5.87. The third-order valence-corrected chi connectivity index (χ3v) is 8.31. The number of nitrogens with one attached hydrogen (secondary N) is 1. The van der Waals surface area contributed by atoms with Gasteiger partial charge < -0.3 is 19.9 Å². The molecular weight excluding hydrogens is 533 g/mol. The van der Waals surface area contributed by atoms with Crippen LogP contribution in [0.4, 0.5) is 24.9 Å². The number of nitrogens with zero attached hydrogens (tertiary/aromatic N) is 5. The number of carboxylic acids is 1. The van der Waals surface area contributed by atoms with Crippen LogP contribution in [0.25, 0.3) is 11.2 Å². The van der Waals surface area contributed by atoms with Crippen molar-refractivity contribution in [2.75, 3.05) is 16.8 Å². The molecule has 1 unspecified atom stereocenters. The number of hydrogen-bond acceptors (Lipinski definition) is 6. The molecule has 0 bridgehead atoms. The first-order valence-corrected chi connectivity index (χ1v) is 13.9. The molecule has 0 spiro atoms. The highest BCUT2D eigenvalue weighted by Crippen LogP contribution is 2.39. The van der Waals surface area contributed by atoms with Crippen molar-refractivity contribution in [3.63, 3.8) is 0 Å². The lowest BCUT2D eigenvalue weighted by molar-refractivity contribution is -0.137. The molecule has 6 rings (SSSR count). The molecule has 3 heterocycles. The number of benzene rings is 2. The normalized spacial score (nSPS) is 18.4. The molecule has 41 heavy (non-hydrogen) atoms. The van der Waals surface area contributed by atoms with E-state index in [1.807, 2.05) is 22.8 Å². The number of rotatable bonds is 8. The Labute approximate surface area is 235 Å². The van der Waals surface area contributed by atoms with Crippen LogP contribution in [0.3, 0.4) is 0 Å². The van der Waals surface area contributed by atoms with Crippen molar-refractivity contribution in [2.45, 2.75) is 63.8 Å². The first kappa shape index (κ1) is 27.0. The Morgan fingerprint density at radius 3 is 2.39 bits per heavy atom. The molecule has 2 fully saturated rings. The summed E-state index contributed by atoms with van der Waals surface area (Å²) < 4.78 is 41.7. The van der Waals surface area contributed by atoms with E-state index in [2.05, 4.69) is 39.2 Å². The second kappa shape index (κ2) is 10.7. The quantitative estimate of drug-likeness (QED) is 0.251. The Kier molecular flexibility index (Phi) is 7.04. The van der Waals surface area contributed by atoms with Gasteiger partial charge in [-0.15, -0.1) is 0 Å². The van der Waals surface area contributed by atoms with E-state index in [0.29, 0.717) is 28.8 Å². The second-order valence-corrected chi connectivity index (χ2v) is 11.0. The van der Waals surface area contributed by atoms with Gasteiger partial charge in [0, 0.05) is 12.6 Å². The third-order valence-electron chi connectivity index (χ3n) is 8.31. The van der Waals surface area contributed by atoms with Crippen molar-refractivity contribution < 1.29 is 23.1 Å². The van der Waals surface area contributed by atoms with Gasteiger partial charge in [0.15, 0.2) is 11.5 Å². The highest BCUT2D eigenvalue weighted by molar-refractivity contribution is 5.92. The molecular formula is C30H31F3N6O2. The van der Waals surface area contributed by atoms with Crippen LogP contribution in [0.1, 0.15) is 72.4 Å². The van der Waals surface area contributed by atoms with E-state index >= 15 is 0 Å². The van der Waals surface area contributed by atoms with Crippen molar-refractivity contribution in [1.82, 2.24) is 19.5 Å². The number of alkyl halides is 3. The first-order chi connectivity index (χ1) is 19.7. The molecule has 2 N–H and O–H groups in total. The van der Waals surface area contributed by atoms with Crippen LogP contribution < -0.4 is 10.2 Å². The highest BCUT2D eigenvalue weighted by atomic mass is 19.4. The SMILES string of the molecule is C[C@@H](Nc1nc(C(=O)O)nc2nc(N3CCCC3c3ccccc3)n(Cc3ccc(C(F)(F)F)cc3)c12)C1CCC1. The van der Waals surface area contributed by atoms with E-state index in [9.17, 15) is 23.1 Å². The molecule has 0 radical (unpaired) electrons. The second-order valence-electron chi connectivity index (χ2n) is 11.0. The van der Waals surface area contributed by atoms with Gasteiger partial charge in [0.1, 0.15) is 5.52 Å². The minimum atomic E-state index is -4.43. The van der Waals surface area contributed by atoms with Gasteiger partial charge in [-0.1, -0.05) is 48.9 Å². The topological polar surface area (TPSA) is 96.2 Å². The molecule has 1 saturated heterocycles. The molecule has 8 nitrogen and oxygen atoms in total. The molecule has 4 aromatic rings. The maximum Gasteiger partial charge on any atom is 0.416 e. The van der Waals surface area contributed by atoms with Gasteiger partial charge in [0.25, 0.3) is 0 Å². The number of hydrogen-bond donors (Lipinski definition) is 2. The summed E-state index contributed by atoms with van der Waals surface area (Å²) in [7, 11) is 0. The van der Waals surface area contributed by atoms with Gasteiger partial charge in [-0.2, -0.15) is 18.2 Å². The molecule has 0 amide bonds. The lowest BCUT2D eigenvalue weighted by Crippen LogP contribution is -2.31. The number of halogens is 3. The zero-order chi connectivity index (χ0) is 28.7. The Hall–Kier alpha value is -4.15. The van der Waals surface area contributed by atoms with Crippen LogP contribution in [0.2, 0.25) is 0 Å². The minimum absolute atomic E-state index is 0.0385. The summed E-state index contributed by atoms with van der Waals surface area (Å²) in [5.41, 5.74) is 1.84. The van der Waals surface area contributed by atoms with Gasteiger partial charge in [-0.05, 0) is 61.8 Å². The van der Waals surface area contributed by atoms with Gasteiger partial charge in [0.2, 0.25) is 11.8 Å². The standard InChI is InChI=1S/C30H31F3N6O2/c1-18(20-9-5-10-20)34-25-24-26(36-27(35-25)28(40)41)37-29(38-16-6-11-23(38)21-7-3-2-4-8-21)39(24)17-19-12-14-22(15-13-19)30(31,32)33/h2-4,7-8,12-15,18,20,23H,5-6,9-11,16-17H2,1H3,(H,40,41)(H,34,35,36)/t18-,23?/m1/s1. The predicted molar refractivity (Wildman–Crippen MR) is 149 cm³/mol. The molecule has 1 aliphatic carbocycles. The number of aromatic carboxylic acids is 1. The van der Waals surface area contributed by atoms with Gasteiger partial charge in [0.05, 0.1) is 18.2 Å². The summed E-state index contributed by atoms with van der Waals surface area (Å²) in [6.45, 7) is 2.99. The van der Waals surface area contributed by atoms with Crippen LogP contribution in [0, 0.1) is 5.92 Å². The van der Waals surface area contributed by atoms with E-state index in [1.54, 1.807) is 0 Å². The molecule has 2 aromatic heterocycles. The van der Waals surface area contributed by atoms with E-state index < -0.39 is 17.7 Å². The van der Waals surface area contributed by atoms with Gasteiger partial charge in [-0.3, -0.25) is 0 Å². The fraction of sp³-hybridized carbons (Fsp3) is 0.400. The molecule has 2 aliphatic rings. The first-order valence-electron chi connectivity index (χ1n) is 13.9. The molecule has 1 aliphatic heterocycles. The minimum Gasteiger partial charge on any atom is -0.475 e. The number of imidazole rings is 1. The molecule has 2 aromatic carbocycles. The summed E-state index contributed by atoms with van der Waals surface area (Å²) in [5.74, 6) is -0.212. The fourth-order valence-corrected chi connectivity index (χ4v) is 5.87. The monoisotopic (exact) mass is 564 g/mol. The van der Waals surface area contributed by atoms with E-state index in [1.165, 1.54) is 12.1 Å². The molecule has 2 atom stereocenters. The summed E-state index contributed by atoms with van der Waals surface area (Å²) in [4.78, 5) is 27.7. The van der Waals surface area contributed by atoms with Crippen LogP contribution >= 0.6 is 0 Å². The maximum absolute atomic E-state index is 13.3. The van der Waals surface area contributed by atoms with Crippen molar-refractivity contribution in [2.24, 2.45) is 5.92 Å². The smallest absolute Gasteiger partial charge is 0.416 e. The average Bonchev–Trinajstić information content (AvgIpc) is 3.53. The summed E-state index contributed by atoms with van der Waals surface area (Å²) >= 11 is 0. The van der Waals surface area contributed by atoms with Crippen molar-refractivity contribution in [3.05, 3.63) is 77.1 Å². The predicted octanol–water partition coefficient (Wildman–Crippen LogP) is 6.53. The third kappa shape index (κ3) is 5.32. The van der Waals surface area contributed by atoms with Crippen LogP contribution in [0.5, 0.6) is 0 Å². The number of aromatic nitrogens is 4. The number of carbonyl (C=O) groups is 1. The Morgan fingerprint density at radius 1 is 1.02 bits per heavy atom.